The van der Waals surface area contributed by atoms with Gasteiger partial charge < -0.3 is 10.6 Å². The van der Waals surface area contributed by atoms with E-state index in [1.54, 1.807) is 6.20 Å². The van der Waals surface area contributed by atoms with Crippen molar-refractivity contribution < 1.29 is 0 Å². The maximum Gasteiger partial charge on any atom is 0.191 e. The molecule has 0 saturated carbocycles. The Bertz CT molecular complexity index is 690. The van der Waals surface area contributed by atoms with E-state index in [-0.39, 0.29) is 5.41 Å². The van der Waals surface area contributed by atoms with Crippen molar-refractivity contribution in [3.8, 4) is 0 Å². The number of nitrogens with one attached hydrogen (secondary N) is 2. The maximum absolute atomic E-state index is 6.12. The Morgan fingerprint density at radius 2 is 2.08 bits per heavy atom. The minimum atomic E-state index is -0.0619. The lowest BCUT2D eigenvalue weighted by molar-refractivity contribution is 0.508. The van der Waals surface area contributed by atoms with Crippen LogP contribution in [0.3, 0.4) is 0 Å². The number of nitrogens with zero attached hydrogens (tertiary/aromatic N) is 3. The molecule has 0 spiro atoms. The molecule has 0 aliphatic carbocycles. The van der Waals surface area contributed by atoms with E-state index in [1.807, 2.05) is 36.0 Å². The summed E-state index contributed by atoms with van der Waals surface area (Å²) in [5.41, 5.74) is 2.21. The minimum Gasteiger partial charge on any atom is -0.357 e. The summed E-state index contributed by atoms with van der Waals surface area (Å²) < 4.78 is 1.84. The van der Waals surface area contributed by atoms with Crippen molar-refractivity contribution >= 4 is 17.6 Å². The zero-order valence-corrected chi connectivity index (χ0v) is 15.6. The summed E-state index contributed by atoms with van der Waals surface area (Å²) in [6.07, 6.45) is 1.79. The van der Waals surface area contributed by atoms with Gasteiger partial charge in [0.25, 0.3) is 0 Å². The molecule has 130 valence electrons. The third-order valence-electron chi connectivity index (χ3n) is 3.97. The van der Waals surface area contributed by atoms with Gasteiger partial charge in [0, 0.05) is 36.8 Å². The summed E-state index contributed by atoms with van der Waals surface area (Å²) in [6.45, 7) is 8.60. The maximum atomic E-state index is 6.12. The van der Waals surface area contributed by atoms with Gasteiger partial charge in [0.2, 0.25) is 0 Å². The molecular formula is C18H26ClN5. The predicted octanol–water partition coefficient (Wildman–Crippen LogP) is 3.11. The highest BCUT2D eigenvalue weighted by Crippen LogP contribution is 2.24. The fraction of sp³-hybridized carbons (Fsp3) is 0.444. The molecular weight excluding hydrogens is 322 g/mol. The molecule has 6 heteroatoms. The van der Waals surface area contributed by atoms with E-state index in [4.69, 9.17) is 11.6 Å². The number of halogens is 1. The second-order valence-corrected chi connectivity index (χ2v) is 6.83. The SMILES string of the molecule is CCNC(=NCc1ccnn1C)NCC(C)(C)c1cccc(Cl)c1. The quantitative estimate of drug-likeness (QED) is 0.623. The van der Waals surface area contributed by atoms with Crippen molar-refractivity contribution in [3.63, 3.8) is 0 Å². The summed E-state index contributed by atoms with van der Waals surface area (Å²) in [5, 5.41) is 11.6. The van der Waals surface area contributed by atoms with Crippen molar-refractivity contribution in [3.05, 3.63) is 52.8 Å². The number of aromatic nitrogens is 2. The zero-order valence-electron chi connectivity index (χ0n) is 14.8. The van der Waals surface area contributed by atoms with Gasteiger partial charge in [-0.05, 0) is 30.7 Å². The lowest BCUT2D eigenvalue weighted by Gasteiger charge is -2.27. The van der Waals surface area contributed by atoms with E-state index < -0.39 is 0 Å². The van der Waals surface area contributed by atoms with Crippen LogP contribution in [0, 0.1) is 0 Å². The average Bonchev–Trinajstić information content (AvgIpc) is 2.95. The van der Waals surface area contributed by atoms with Crippen LogP contribution in [0.2, 0.25) is 5.02 Å². The number of aliphatic imine (C=N–C) groups is 1. The molecule has 24 heavy (non-hydrogen) atoms. The Hall–Kier alpha value is -2.01. The molecule has 1 aromatic carbocycles. The second kappa shape index (κ2) is 8.20. The van der Waals surface area contributed by atoms with Gasteiger partial charge in [-0.25, -0.2) is 4.99 Å². The van der Waals surface area contributed by atoms with Gasteiger partial charge in [0.15, 0.2) is 5.96 Å². The molecule has 0 bridgehead atoms. The monoisotopic (exact) mass is 347 g/mol. The Balaban J connectivity index is 2.03. The third-order valence-corrected chi connectivity index (χ3v) is 4.20. The Kier molecular flexibility index (Phi) is 6.26. The first kappa shape index (κ1) is 18.3. The number of hydrogen-bond acceptors (Lipinski definition) is 2. The first-order valence-corrected chi connectivity index (χ1v) is 8.55. The molecule has 2 N–H and O–H groups in total. The number of guanidine groups is 1. The van der Waals surface area contributed by atoms with Crippen LogP contribution in [-0.4, -0.2) is 28.8 Å². The van der Waals surface area contributed by atoms with Crippen molar-refractivity contribution in [1.29, 1.82) is 0 Å². The normalized spacial score (nSPS) is 12.3. The van der Waals surface area contributed by atoms with E-state index in [0.29, 0.717) is 6.54 Å². The summed E-state index contributed by atoms with van der Waals surface area (Å²) in [7, 11) is 1.92. The van der Waals surface area contributed by atoms with Crippen molar-refractivity contribution in [2.75, 3.05) is 13.1 Å². The predicted molar refractivity (Wildman–Crippen MR) is 101 cm³/mol. The summed E-state index contributed by atoms with van der Waals surface area (Å²) in [4.78, 5) is 4.64. The lowest BCUT2D eigenvalue weighted by Crippen LogP contribution is -2.43. The first-order valence-electron chi connectivity index (χ1n) is 8.17. The largest absolute Gasteiger partial charge is 0.357 e. The van der Waals surface area contributed by atoms with Gasteiger partial charge in [0.05, 0.1) is 12.2 Å². The number of hydrogen-bond donors (Lipinski definition) is 2. The molecule has 0 aliphatic rings. The summed E-state index contributed by atoms with van der Waals surface area (Å²) >= 11 is 6.12. The molecule has 0 atom stereocenters. The van der Waals surface area contributed by atoms with Crippen molar-refractivity contribution in [2.24, 2.45) is 12.0 Å². The molecule has 2 aromatic rings. The van der Waals surface area contributed by atoms with Gasteiger partial charge >= 0.3 is 0 Å². The standard InChI is InChI=1S/C18H26ClN5/c1-5-20-17(21-12-16-9-10-23-24(16)4)22-13-18(2,3)14-7-6-8-15(19)11-14/h6-11H,5,12-13H2,1-4H3,(H2,20,21,22). The smallest absolute Gasteiger partial charge is 0.191 e. The van der Waals surface area contributed by atoms with E-state index in [0.717, 1.165) is 29.8 Å². The highest BCUT2D eigenvalue weighted by molar-refractivity contribution is 6.30. The highest BCUT2D eigenvalue weighted by Gasteiger charge is 2.21. The Morgan fingerprint density at radius 3 is 2.71 bits per heavy atom. The Morgan fingerprint density at radius 1 is 1.29 bits per heavy atom. The topological polar surface area (TPSA) is 54.2 Å². The van der Waals surface area contributed by atoms with Crippen LogP contribution >= 0.6 is 11.6 Å². The van der Waals surface area contributed by atoms with Gasteiger partial charge in [0.1, 0.15) is 0 Å². The molecule has 2 rings (SSSR count). The molecule has 0 saturated heterocycles. The van der Waals surface area contributed by atoms with Crippen LogP contribution < -0.4 is 10.6 Å². The summed E-state index contributed by atoms with van der Waals surface area (Å²) in [5.74, 6) is 0.800. The van der Waals surface area contributed by atoms with Gasteiger partial charge in [-0.15, -0.1) is 0 Å². The lowest BCUT2D eigenvalue weighted by atomic mass is 9.84. The highest BCUT2D eigenvalue weighted by atomic mass is 35.5. The Labute approximate surface area is 149 Å². The molecule has 0 amide bonds. The van der Waals surface area contributed by atoms with Crippen molar-refractivity contribution in [2.45, 2.75) is 32.7 Å². The zero-order chi connectivity index (χ0) is 17.6. The second-order valence-electron chi connectivity index (χ2n) is 6.39. The number of rotatable bonds is 6. The molecule has 0 unspecified atom stereocenters. The van der Waals surface area contributed by atoms with Crippen LogP contribution in [-0.2, 0) is 19.0 Å². The van der Waals surface area contributed by atoms with Crippen LogP contribution in [0.1, 0.15) is 32.0 Å². The minimum absolute atomic E-state index is 0.0619. The van der Waals surface area contributed by atoms with Gasteiger partial charge in [-0.1, -0.05) is 37.6 Å². The van der Waals surface area contributed by atoms with Crippen LogP contribution in [0.5, 0.6) is 0 Å². The van der Waals surface area contributed by atoms with E-state index in [1.165, 1.54) is 5.56 Å². The molecule has 5 nitrogen and oxygen atoms in total. The van der Waals surface area contributed by atoms with Crippen molar-refractivity contribution in [1.82, 2.24) is 20.4 Å². The summed E-state index contributed by atoms with van der Waals surface area (Å²) in [6, 6.07) is 9.98. The average molecular weight is 348 g/mol. The fourth-order valence-corrected chi connectivity index (χ4v) is 2.56. The molecule has 0 fully saturated rings. The molecule has 1 aromatic heterocycles. The first-order chi connectivity index (χ1) is 11.4. The number of benzene rings is 1. The third kappa shape index (κ3) is 4.99. The van der Waals surface area contributed by atoms with Crippen LogP contribution in [0.15, 0.2) is 41.5 Å². The van der Waals surface area contributed by atoms with E-state index in [2.05, 4.69) is 47.6 Å². The fourth-order valence-electron chi connectivity index (χ4n) is 2.37. The van der Waals surface area contributed by atoms with Gasteiger partial charge in [-0.3, -0.25) is 4.68 Å². The number of aryl methyl sites for hydroxylation is 1. The molecule has 0 radical (unpaired) electrons. The van der Waals surface area contributed by atoms with E-state index in [9.17, 15) is 0 Å². The van der Waals surface area contributed by atoms with E-state index >= 15 is 0 Å². The molecule has 0 aliphatic heterocycles. The van der Waals surface area contributed by atoms with Crippen LogP contribution in [0.25, 0.3) is 0 Å². The van der Waals surface area contributed by atoms with Gasteiger partial charge in [-0.2, -0.15) is 5.10 Å². The van der Waals surface area contributed by atoms with Crippen LogP contribution in [0.4, 0.5) is 0 Å². The molecule has 1 heterocycles.